The Bertz CT molecular complexity index is 787. The highest BCUT2D eigenvalue weighted by atomic mass is 16.2. The second-order valence-corrected chi connectivity index (χ2v) is 8.37. The van der Waals surface area contributed by atoms with Gasteiger partial charge in [-0.15, -0.1) is 15.3 Å². The van der Waals surface area contributed by atoms with Crippen LogP contribution in [-0.2, 0) is 11.2 Å². The van der Waals surface area contributed by atoms with Crippen molar-refractivity contribution in [1.29, 1.82) is 0 Å². The summed E-state index contributed by atoms with van der Waals surface area (Å²) in [5.41, 5.74) is 0.749. The average Bonchev–Trinajstić information content (AvgIpc) is 3.08. The Labute approximate surface area is 160 Å². The SMILES string of the molecule is C[C@@H]1C[C@@H](C)CN(C(=O)CCc2nnc3ccc(N4CCCCC4)nn23)C1. The van der Waals surface area contributed by atoms with Gasteiger partial charge in [0, 0.05) is 39.0 Å². The average molecular weight is 371 g/mol. The minimum atomic E-state index is 0.220. The van der Waals surface area contributed by atoms with Crippen LogP contribution in [0, 0.1) is 11.8 Å². The molecule has 146 valence electrons. The van der Waals surface area contributed by atoms with Gasteiger partial charge in [0.25, 0.3) is 0 Å². The summed E-state index contributed by atoms with van der Waals surface area (Å²) in [6.45, 7) is 8.32. The standard InChI is InChI=1S/C20H30N6O/c1-15-12-16(2)14-25(13-15)20(27)9-8-18-22-21-17-6-7-19(23-26(17)18)24-10-4-3-5-11-24/h6-7,15-16H,3-5,8-14H2,1-2H3/t15-,16-/m1/s1. The number of carbonyl (C=O) groups is 1. The van der Waals surface area contributed by atoms with Crippen LogP contribution >= 0.6 is 0 Å². The largest absolute Gasteiger partial charge is 0.355 e. The van der Waals surface area contributed by atoms with Crippen LogP contribution in [0.2, 0.25) is 0 Å². The highest BCUT2D eigenvalue weighted by Gasteiger charge is 2.25. The number of nitrogens with zero attached hydrogens (tertiary/aromatic N) is 6. The summed E-state index contributed by atoms with van der Waals surface area (Å²) in [6, 6.07) is 4.00. The predicted molar refractivity (Wildman–Crippen MR) is 105 cm³/mol. The number of carbonyl (C=O) groups excluding carboxylic acids is 1. The molecule has 2 aromatic heterocycles. The van der Waals surface area contributed by atoms with Gasteiger partial charge in [-0.1, -0.05) is 13.8 Å². The van der Waals surface area contributed by atoms with Gasteiger partial charge in [-0.25, -0.2) is 0 Å². The molecule has 0 unspecified atom stereocenters. The zero-order chi connectivity index (χ0) is 18.8. The Morgan fingerprint density at radius 3 is 2.56 bits per heavy atom. The molecule has 2 fully saturated rings. The molecule has 2 saturated heterocycles. The summed E-state index contributed by atoms with van der Waals surface area (Å²) >= 11 is 0. The van der Waals surface area contributed by atoms with E-state index >= 15 is 0 Å². The molecule has 0 radical (unpaired) electrons. The molecule has 2 aliphatic heterocycles. The van der Waals surface area contributed by atoms with Crippen molar-refractivity contribution in [2.75, 3.05) is 31.1 Å². The Morgan fingerprint density at radius 2 is 1.81 bits per heavy atom. The minimum absolute atomic E-state index is 0.220. The maximum Gasteiger partial charge on any atom is 0.223 e. The quantitative estimate of drug-likeness (QED) is 0.827. The zero-order valence-corrected chi connectivity index (χ0v) is 16.5. The van der Waals surface area contributed by atoms with Crippen molar-refractivity contribution in [3.63, 3.8) is 0 Å². The van der Waals surface area contributed by atoms with E-state index in [1.165, 1.54) is 25.7 Å². The Kier molecular flexibility index (Phi) is 5.27. The fraction of sp³-hybridized carbons (Fsp3) is 0.700. The maximum absolute atomic E-state index is 12.7. The Morgan fingerprint density at radius 1 is 1.07 bits per heavy atom. The van der Waals surface area contributed by atoms with Crippen molar-refractivity contribution in [3.8, 4) is 0 Å². The monoisotopic (exact) mass is 370 g/mol. The van der Waals surface area contributed by atoms with Crippen molar-refractivity contribution < 1.29 is 4.79 Å². The summed E-state index contributed by atoms with van der Waals surface area (Å²) in [6.07, 6.45) is 5.99. The Hall–Kier alpha value is -2.18. The molecule has 27 heavy (non-hydrogen) atoms. The van der Waals surface area contributed by atoms with Crippen LogP contribution in [0.4, 0.5) is 5.82 Å². The van der Waals surface area contributed by atoms with Crippen LogP contribution in [0.1, 0.15) is 51.8 Å². The maximum atomic E-state index is 12.7. The van der Waals surface area contributed by atoms with Gasteiger partial charge in [-0.2, -0.15) is 4.52 Å². The third-order valence-electron chi connectivity index (χ3n) is 5.78. The molecule has 4 heterocycles. The van der Waals surface area contributed by atoms with Gasteiger partial charge in [0.15, 0.2) is 11.5 Å². The lowest BCUT2D eigenvalue weighted by atomic mass is 9.91. The molecule has 0 bridgehead atoms. The lowest BCUT2D eigenvalue weighted by Crippen LogP contribution is -2.42. The number of aryl methyl sites for hydroxylation is 1. The lowest BCUT2D eigenvalue weighted by Gasteiger charge is -2.35. The molecule has 1 amide bonds. The van der Waals surface area contributed by atoms with Gasteiger partial charge in [0.2, 0.25) is 5.91 Å². The highest BCUT2D eigenvalue weighted by Crippen LogP contribution is 2.22. The first-order valence-corrected chi connectivity index (χ1v) is 10.3. The second kappa shape index (κ2) is 7.82. The van der Waals surface area contributed by atoms with E-state index in [0.29, 0.717) is 24.7 Å². The smallest absolute Gasteiger partial charge is 0.223 e. The van der Waals surface area contributed by atoms with Gasteiger partial charge in [0.05, 0.1) is 0 Å². The third kappa shape index (κ3) is 4.06. The summed E-state index contributed by atoms with van der Waals surface area (Å²) in [5, 5.41) is 13.3. The molecule has 2 aliphatic rings. The van der Waals surface area contributed by atoms with E-state index in [0.717, 1.165) is 43.5 Å². The first-order chi connectivity index (χ1) is 13.1. The van der Waals surface area contributed by atoms with E-state index in [2.05, 4.69) is 28.9 Å². The lowest BCUT2D eigenvalue weighted by molar-refractivity contribution is -0.133. The number of aromatic nitrogens is 4. The van der Waals surface area contributed by atoms with Crippen molar-refractivity contribution in [3.05, 3.63) is 18.0 Å². The first kappa shape index (κ1) is 18.2. The fourth-order valence-corrected chi connectivity index (χ4v) is 4.51. The number of rotatable bonds is 4. The van der Waals surface area contributed by atoms with E-state index in [-0.39, 0.29) is 5.91 Å². The second-order valence-electron chi connectivity index (χ2n) is 8.37. The minimum Gasteiger partial charge on any atom is -0.355 e. The van der Waals surface area contributed by atoms with Crippen LogP contribution in [0.3, 0.4) is 0 Å². The van der Waals surface area contributed by atoms with Crippen molar-refractivity contribution in [2.24, 2.45) is 11.8 Å². The molecule has 2 aromatic rings. The zero-order valence-electron chi connectivity index (χ0n) is 16.5. The van der Waals surface area contributed by atoms with Crippen LogP contribution in [0.15, 0.2) is 12.1 Å². The molecule has 0 saturated carbocycles. The van der Waals surface area contributed by atoms with E-state index in [9.17, 15) is 4.79 Å². The molecule has 2 atom stereocenters. The van der Waals surface area contributed by atoms with E-state index in [4.69, 9.17) is 5.10 Å². The molecule has 7 nitrogen and oxygen atoms in total. The topological polar surface area (TPSA) is 66.6 Å². The molecular weight excluding hydrogens is 340 g/mol. The number of hydrogen-bond donors (Lipinski definition) is 0. The van der Waals surface area contributed by atoms with E-state index in [1.807, 2.05) is 21.5 Å². The van der Waals surface area contributed by atoms with Crippen molar-refractivity contribution in [2.45, 2.75) is 52.4 Å². The molecule has 0 aromatic carbocycles. The predicted octanol–water partition coefficient (Wildman–Crippen LogP) is 2.55. The van der Waals surface area contributed by atoms with Gasteiger partial charge in [-0.3, -0.25) is 4.79 Å². The van der Waals surface area contributed by atoms with Crippen LogP contribution in [0.5, 0.6) is 0 Å². The van der Waals surface area contributed by atoms with Crippen LogP contribution in [0.25, 0.3) is 5.65 Å². The van der Waals surface area contributed by atoms with Crippen LogP contribution < -0.4 is 4.90 Å². The number of likely N-dealkylation sites (tertiary alicyclic amines) is 1. The number of piperidine rings is 2. The van der Waals surface area contributed by atoms with Crippen LogP contribution in [-0.4, -0.2) is 56.8 Å². The molecular formula is C20H30N6O. The highest BCUT2D eigenvalue weighted by molar-refractivity contribution is 5.76. The van der Waals surface area contributed by atoms with Gasteiger partial charge in [0.1, 0.15) is 5.82 Å². The molecule has 0 N–H and O–H groups in total. The molecule has 7 heteroatoms. The fourth-order valence-electron chi connectivity index (χ4n) is 4.51. The summed E-state index contributed by atoms with van der Waals surface area (Å²) in [5.74, 6) is 3.14. The van der Waals surface area contributed by atoms with Gasteiger partial charge in [-0.05, 0) is 49.7 Å². The normalized spacial score (nSPS) is 23.8. The van der Waals surface area contributed by atoms with E-state index in [1.54, 1.807) is 0 Å². The number of fused-ring (bicyclic) bond motifs is 1. The third-order valence-corrected chi connectivity index (χ3v) is 5.78. The van der Waals surface area contributed by atoms with Gasteiger partial charge < -0.3 is 9.80 Å². The van der Waals surface area contributed by atoms with Crippen molar-refractivity contribution >= 4 is 17.4 Å². The number of hydrogen-bond acceptors (Lipinski definition) is 5. The summed E-state index contributed by atoms with van der Waals surface area (Å²) in [7, 11) is 0. The van der Waals surface area contributed by atoms with Crippen molar-refractivity contribution in [1.82, 2.24) is 24.7 Å². The first-order valence-electron chi connectivity index (χ1n) is 10.3. The molecule has 0 spiro atoms. The molecule has 4 rings (SSSR count). The summed E-state index contributed by atoms with van der Waals surface area (Å²) in [4.78, 5) is 17.0. The van der Waals surface area contributed by atoms with E-state index < -0.39 is 0 Å². The molecule has 0 aliphatic carbocycles. The Balaban J connectivity index is 1.44. The van der Waals surface area contributed by atoms with Gasteiger partial charge >= 0.3 is 0 Å². The number of anilines is 1. The number of amides is 1. The summed E-state index contributed by atoms with van der Waals surface area (Å²) < 4.78 is 1.82.